The lowest BCUT2D eigenvalue weighted by molar-refractivity contribution is -0.161. The van der Waals surface area contributed by atoms with Gasteiger partial charge in [-0.05, 0) is 76.5 Å². The van der Waals surface area contributed by atoms with E-state index in [2.05, 4.69) is 52.0 Å². The highest BCUT2D eigenvalue weighted by atomic mass is 16.7. The molecule has 0 spiro atoms. The zero-order chi connectivity index (χ0) is 37.6. The van der Waals surface area contributed by atoms with Gasteiger partial charge in [-0.25, -0.2) is 0 Å². The lowest BCUT2D eigenvalue weighted by atomic mass is 9.93. The Hall–Kier alpha value is -2.23. The first-order valence-corrected chi connectivity index (χ1v) is 20.5. The number of rotatable bonds is 37. The van der Waals surface area contributed by atoms with E-state index in [9.17, 15) is 19.5 Å². The number of aliphatic hydroxyl groups excluding tert-OH is 1. The summed E-state index contributed by atoms with van der Waals surface area (Å²) in [5.41, 5.74) is 0. The van der Waals surface area contributed by atoms with E-state index in [1.165, 1.54) is 38.5 Å². The molecule has 0 aromatic carbocycles. The van der Waals surface area contributed by atoms with Crippen molar-refractivity contribution in [1.82, 2.24) is 0 Å². The van der Waals surface area contributed by atoms with Gasteiger partial charge in [0.1, 0.15) is 0 Å². The summed E-state index contributed by atoms with van der Waals surface area (Å²) >= 11 is 0. The summed E-state index contributed by atoms with van der Waals surface area (Å²) in [6, 6.07) is 0. The van der Waals surface area contributed by atoms with E-state index in [0.717, 1.165) is 64.2 Å². The van der Waals surface area contributed by atoms with Gasteiger partial charge in [0.15, 0.2) is 6.29 Å². The van der Waals surface area contributed by atoms with Crippen LogP contribution >= 0.6 is 0 Å². The Kier molecular flexibility index (Phi) is 35.9. The minimum absolute atomic E-state index is 0.0256. The van der Waals surface area contributed by atoms with Crippen molar-refractivity contribution in [3.63, 3.8) is 0 Å². The molecule has 1 N–H and O–H groups in total. The molecule has 1 atom stereocenters. The number of aliphatic hydroxyl groups is 1. The van der Waals surface area contributed by atoms with Crippen LogP contribution in [0, 0.1) is 11.8 Å². The minimum atomic E-state index is -0.497. The van der Waals surface area contributed by atoms with Crippen molar-refractivity contribution in [1.29, 1.82) is 0 Å². The molecule has 298 valence electrons. The molecule has 0 rings (SSSR count). The second-order valence-electron chi connectivity index (χ2n) is 13.6. The quantitative estimate of drug-likeness (QED) is 0.0220. The number of hydrogen-bond acceptors (Lipinski definition) is 9. The molecule has 0 bridgehead atoms. The predicted octanol–water partition coefficient (Wildman–Crippen LogP) is 9.97. The van der Waals surface area contributed by atoms with Crippen LogP contribution in [0.4, 0.5) is 0 Å². The fourth-order valence-corrected chi connectivity index (χ4v) is 5.44. The number of carbonyl (C=O) groups excluding carboxylic acids is 3. The molecular formula is C42H76O9. The highest BCUT2D eigenvalue weighted by molar-refractivity contribution is 5.70. The molecule has 51 heavy (non-hydrogen) atoms. The van der Waals surface area contributed by atoms with Gasteiger partial charge < -0.3 is 28.8 Å². The summed E-state index contributed by atoms with van der Waals surface area (Å²) in [4.78, 5) is 36.9. The van der Waals surface area contributed by atoms with Crippen LogP contribution in [0.2, 0.25) is 0 Å². The molecule has 0 aliphatic carbocycles. The molecule has 0 fully saturated rings. The third kappa shape index (κ3) is 33.4. The number of hydrogen-bond donors (Lipinski definition) is 1. The largest absolute Gasteiger partial charge is 0.466 e. The molecule has 0 aliphatic heterocycles. The molecular weight excluding hydrogens is 648 g/mol. The first-order valence-electron chi connectivity index (χ1n) is 20.5. The van der Waals surface area contributed by atoms with Crippen LogP contribution < -0.4 is 0 Å². The maximum Gasteiger partial charge on any atom is 0.305 e. The van der Waals surface area contributed by atoms with Crippen LogP contribution in [0.1, 0.15) is 169 Å². The van der Waals surface area contributed by atoms with Crippen molar-refractivity contribution in [2.24, 2.45) is 11.8 Å². The Morgan fingerprint density at radius 2 is 1.02 bits per heavy atom. The maximum absolute atomic E-state index is 12.5. The van der Waals surface area contributed by atoms with E-state index in [-0.39, 0.29) is 44.6 Å². The van der Waals surface area contributed by atoms with E-state index in [1.807, 2.05) is 0 Å². The van der Waals surface area contributed by atoms with Crippen LogP contribution in [-0.2, 0) is 38.1 Å². The molecule has 0 heterocycles. The summed E-state index contributed by atoms with van der Waals surface area (Å²) in [6.45, 7) is 9.96. The van der Waals surface area contributed by atoms with Crippen molar-refractivity contribution >= 4 is 17.9 Å². The van der Waals surface area contributed by atoms with E-state index in [4.69, 9.17) is 23.7 Å². The summed E-state index contributed by atoms with van der Waals surface area (Å²) in [5, 5.41) is 9.74. The summed E-state index contributed by atoms with van der Waals surface area (Å²) in [7, 11) is 0. The van der Waals surface area contributed by atoms with Gasteiger partial charge in [-0.3, -0.25) is 14.4 Å². The highest BCUT2D eigenvalue weighted by Gasteiger charge is 2.17. The van der Waals surface area contributed by atoms with Crippen LogP contribution in [0.3, 0.4) is 0 Å². The minimum Gasteiger partial charge on any atom is -0.466 e. The smallest absolute Gasteiger partial charge is 0.305 e. The molecule has 1 unspecified atom stereocenters. The van der Waals surface area contributed by atoms with Gasteiger partial charge in [0.25, 0.3) is 0 Å². The number of ether oxygens (including phenoxy) is 5. The second kappa shape index (κ2) is 37.5. The summed E-state index contributed by atoms with van der Waals surface area (Å²) in [6.07, 6.45) is 27.6. The van der Waals surface area contributed by atoms with Crippen molar-refractivity contribution in [2.45, 2.75) is 175 Å². The van der Waals surface area contributed by atoms with E-state index in [1.54, 1.807) is 0 Å². The van der Waals surface area contributed by atoms with Gasteiger partial charge in [-0.2, -0.15) is 0 Å². The first kappa shape index (κ1) is 48.8. The maximum atomic E-state index is 12.5. The molecule has 0 saturated heterocycles. The summed E-state index contributed by atoms with van der Waals surface area (Å²) < 4.78 is 28.1. The number of esters is 3. The molecule has 0 amide bonds. The fourth-order valence-electron chi connectivity index (χ4n) is 5.44. The molecule has 0 aliphatic rings. The SMILES string of the molecule is CC/C=C\CCCCOC(CCC(=O)OCC(CO)COC(=O)CCCCCC(=O)OCCC(CCCC)CCCC)OCCCC/C=C\CC. The van der Waals surface area contributed by atoms with Crippen LogP contribution in [0.5, 0.6) is 0 Å². The lowest BCUT2D eigenvalue weighted by Crippen LogP contribution is -2.25. The zero-order valence-electron chi connectivity index (χ0n) is 33.1. The summed E-state index contributed by atoms with van der Waals surface area (Å²) in [5.74, 6) is -0.807. The van der Waals surface area contributed by atoms with Crippen molar-refractivity contribution in [3.8, 4) is 0 Å². The fraction of sp³-hybridized carbons (Fsp3) is 0.833. The predicted molar refractivity (Wildman–Crippen MR) is 205 cm³/mol. The van der Waals surface area contributed by atoms with Crippen LogP contribution in [0.25, 0.3) is 0 Å². The Labute approximate surface area is 311 Å². The van der Waals surface area contributed by atoms with Crippen molar-refractivity contribution in [2.75, 3.05) is 39.6 Å². The third-order valence-corrected chi connectivity index (χ3v) is 8.73. The molecule has 0 saturated carbocycles. The van der Waals surface area contributed by atoms with E-state index in [0.29, 0.717) is 51.4 Å². The Bertz CT molecular complexity index is 840. The normalized spacial score (nSPS) is 12.4. The van der Waals surface area contributed by atoms with Crippen molar-refractivity contribution < 1.29 is 43.2 Å². The Morgan fingerprint density at radius 1 is 0.510 bits per heavy atom. The second-order valence-corrected chi connectivity index (χ2v) is 13.6. The molecule has 9 nitrogen and oxygen atoms in total. The molecule has 0 aromatic heterocycles. The molecule has 9 heteroatoms. The number of allylic oxidation sites excluding steroid dienone is 4. The number of unbranched alkanes of at least 4 members (excludes halogenated alkanes) is 8. The van der Waals surface area contributed by atoms with Gasteiger partial charge in [0.05, 0.1) is 38.8 Å². The van der Waals surface area contributed by atoms with Gasteiger partial charge in [-0.1, -0.05) is 96.9 Å². The zero-order valence-corrected chi connectivity index (χ0v) is 33.1. The van der Waals surface area contributed by atoms with Gasteiger partial charge >= 0.3 is 17.9 Å². The average molecular weight is 725 g/mol. The standard InChI is InChI=1S/C42H76O9/c1-5-9-13-15-17-22-31-48-42(49-32-23-18-16-14-10-6-2)29-28-41(46)51-36-38(34-43)35-50-40(45)27-21-19-20-26-39(44)47-33-30-37(24-11-7-3)25-12-8-4/h9-10,13-14,37-38,42-43H,5-8,11-12,15-36H2,1-4H3/b13-9-,14-10-. The topological polar surface area (TPSA) is 118 Å². The monoisotopic (exact) mass is 725 g/mol. The average Bonchev–Trinajstić information content (AvgIpc) is 3.13. The van der Waals surface area contributed by atoms with Gasteiger partial charge in [-0.15, -0.1) is 0 Å². The molecule has 0 radical (unpaired) electrons. The Morgan fingerprint density at radius 3 is 1.51 bits per heavy atom. The third-order valence-electron chi connectivity index (χ3n) is 8.73. The van der Waals surface area contributed by atoms with E-state index >= 15 is 0 Å². The first-order chi connectivity index (χ1) is 24.9. The van der Waals surface area contributed by atoms with Gasteiger partial charge in [0, 0.05) is 32.5 Å². The highest BCUT2D eigenvalue weighted by Crippen LogP contribution is 2.20. The number of carbonyl (C=O) groups is 3. The van der Waals surface area contributed by atoms with Crippen LogP contribution in [-0.4, -0.2) is 68.9 Å². The lowest BCUT2D eigenvalue weighted by Gasteiger charge is -2.19. The Balaban J connectivity index is 4.27. The molecule has 0 aromatic rings. The van der Waals surface area contributed by atoms with Crippen LogP contribution in [0.15, 0.2) is 24.3 Å². The van der Waals surface area contributed by atoms with Crippen molar-refractivity contribution in [3.05, 3.63) is 24.3 Å². The van der Waals surface area contributed by atoms with Gasteiger partial charge in [0.2, 0.25) is 0 Å². The van der Waals surface area contributed by atoms with E-state index < -0.39 is 18.2 Å².